The van der Waals surface area contributed by atoms with Crippen LogP contribution in [0.3, 0.4) is 0 Å². The average molecular weight is 287 g/mol. The van der Waals surface area contributed by atoms with Crippen LogP contribution in [0.25, 0.3) is 0 Å². The van der Waals surface area contributed by atoms with Crippen LogP contribution in [0.4, 0.5) is 11.4 Å². The first-order chi connectivity index (χ1) is 9.74. The number of aryl methyl sites for hydroxylation is 1. The van der Waals surface area contributed by atoms with Crippen molar-refractivity contribution in [3.8, 4) is 0 Å². The lowest BCUT2D eigenvalue weighted by Crippen LogP contribution is -2.24. The van der Waals surface area contributed by atoms with E-state index in [2.05, 4.69) is 10.3 Å². The molecule has 104 valence electrons. The topological polar surface area (TPSA) is 45.2 Å². The number of hydrogen-bond acceptors (Lipinski definition) is 4. The van der Waals surface area contributed by atoms with E-state index >= 15 is 0 Å². The summed E-state index contributed by atoms with van der Waals surface area (Å²) in [6, 6.07) is 7.97. The summed E-state index contributed by atoms with van der Waals surface area (Å²) >= 11 is 1.65. The van der Waals surface area contributed by atoms with Crippen molar-refractivity contribution in [2.24, 2.45) is 0 Å². The predicted molar refractivity (Wildman–Crippen MR) is 82.2 cm³/mol. The van der Waals surface area contributed by atoms with E-state index in [1.54, 1.807) is 11.3 Å². The lowest BCUT2D eigenvalue weighted by molar-refractivity contribution is -0.117. The van der Waals surface area contributed by atoms with E-state index in [1.807, 2.05) is 41.5 Å². The summed E-state index contributed by atoms with van der Waals surface area (Å²) in [4.78, 5) is 18.2. The van der Waals surface area contributed by atoms with Gasteiger partial charge >= 0.3 is 0 Å². The molecule has 0 bridgehead atoms. The highest BCUT2D eigenvalue weighted by atomic mass is 32.1. The Kier molecular flexibility index (Phi) is 3.69. The maximum atomic E-state index is 11.9. The number of nitrogens with one attached hydrogen (secondary N) is 1. The first kappa shape index (κ1) is 13.1. The summed E-state index contributed by atoms with van der Waals surface area (Å²) in [7, 11) is 0. The van der Waals surface area contributed by atoms with Crippen molar-refractivity contribution in [3.63, 3.8) is 0 Å². The molecule has 0 radical (unpaired) electrons. The molecule has 1 amide bonds. The van der Waals surface area contributed by atoms with Gasteiger partial charge < -0.3 is 10.2 Å². The van der Waals surface area contributed by atoms with Gasteiger partial charge in [0.15, 0.2) is 0 Å². The van der Waals surface area contributed by atoms with Gasteiger partial charge in [0.2, 0.25) is 5.91 Å². The molecular weight excluding hydrogens is 270 g/mol. The highest BCUT2D eigenvalue weighted by molar-refractivity contribution is 7.09. The van der Waals surface area contributed by atoms with Crippen molar-refractivity contribution in [3.05, 3.63) is 40.3 Å². The molecule has 0 atom stereocenters. The standard InChI is InChI=1S/C15H17N3OS/c1-11-10-20-14(17-11)9-16-12-5-2-3-6-13(12)18-8-4-7-15(18)19/h2-3,5-6,10,16H,4,7-9H2,1H3. The summed E-state index contributed by atoms with van der Waals surface area (Å²) in [6.07, 6.45) is 1.60. The van der Waals surface area contributed by atoms with E-state index in [9.17, 15) is 4.79 Å². The first-order valence-corrected chi connectivity index (χ1v) is 7.66. The second kappa shape index (κ2) is 5.63. The minimum Gasteiger partial charge on any atom is -0.377 e. The molecule has 1 N–H and O–H groups in total. The summed E-state index contributed by atoms with van der Waals surface area (Å²) in [5, 5.41) is 6.50. The number of carbonyl (C=O) groups excluding carboxylic acids is 1. The van der Waals surface area contributed by atoms with Gasteiger partial charge in [0.25, 0.3) is 0 Å². The number of benzene rings is 1. The van der Waals surface area contributed by atoms with Crippen molar-refractivity contribution in [1.82, 2.24) is 4.98 Å². The number of carbonyl (C=O) groups is 1. The Morgan fingerprint density at radius 1 is 1.40 bits per heavy atom. The fraction of sp³-hybridized carbons (Fsp3) is 0.333. The zero-order chi connectivity index (χ0) is 13.9. The molecule has 1 aliphatic rings. The zero-order valence-electron chi connectivity index (χ0n) is 11.4. The minimum absolute atomic E-state index is 0.212. The number of amides is 1. The normalized spacial score (nSPS) is 14.8. The highest BCUT2D eigenvalue weighted by Gasteiger charge is 2.23. The van der Waals surface area contributed by atoms with Crippen LogP contribution in [0, 0.1) is 6.92 Å². The maximum absolute atomic E-state index is 11.9. The summed E-state index contributed by atoms with van der Waals surface area (Å²) in [5.74, 6) is 0.212. The number of nitrogens with zero attached hydrogens (tertiary/aromatic N) is 2. The van der Waals surface area contributed by atoms with Crippen LogP contribution in [0.1, 0.15) is 23.5 Å². The quantitative estimate of drug-likeness (QED) is 0.939. The summed E-state index contributed by atoms with van der Waals surface area (Å²) in [5.41, 5.74) is 3.02. The van der Waals surface area contributed by atoms with Gasteiger partial charge in [-0.25, -0.2) is 4.98 Å². The molecule has 1 aromatic heterocycles. The number of aromatic nitrogens is 1. The van der Waals surface area contributed by atoms with Gasteiger partial charge in [-0.15, -0.1) is 11.3 Å². The zero-order valence-corrected chi connectivity index (χ0v) is 12.2. The second-order valence-electron chi connectivity index (χ2n) is 4.90. The molecule has 0 saturated carbocycles. The fourth-order valence-electron chi connectivity index (χ4n) is 2.42. The van der Waals surface area contributed by atoms with Gasteiger partial charge in [-0.2, -0.15) is 0 Å². The van der Waals surface area contributed by atoms with Gasteiger partial charge in [0.1, 0.15) is 5.01 Å². The highest BCUT2D eigenvalue weighted by Crippen LogP contribution is 2.29. The molecular formula is C15H17N3OS. The third kappa shape index (κ3) is 2.67. The van der Waals surface area contributed by atoms with E-state index in [-0.39, 0.29) is 5.91 Å². The summed E-state index contributed by atoms with van der Waals surface area (Å²) < 4.78 is 0. The summed E-state index contributed by atoms with van der Waals surface area (Å²) in [6.45, 7) is 3.50. The smallest absolute Gasteiger partial charge is 0.227 e. The average Bonchev–Trinajstić information content (AvgIpc) is 3.05. The Balaban J connectivity index is 1.77. The number of thiazole rings is 1. The first-order valence-electron chi connectivity index (χ1n) is 6.78. The molecule has 0 unspecified atom stereocenters. The number of anilines is 2. The number of para-hydroxylation sites is 2. The Morgan fingerprint density at radius 3 is 2.95 bits per heavy atom. The van der Waals surface area contributed by atoms with E-state index in [4.69, 9.17) is 0 Å². The second-order valence-corrected chi connectivity index (χ2v) is 5.84. The van der Waals surface area contributed by atoms with Crippen LogP contribution in [0.15, 0.2) is 29.6 Å². The third-order valence-corrected chi connectivity index (χ3v) is 4.33. The molecule has 0 aliphatic carbocycles. The molecule has 2 aromatic rings. The Bertz CT molecular complexity index is 623. The van der Waals surface area contributed by atoms with Crippen LogP contribution < -0.4 is 10.2 Å². The van der Waals surface area contributed by atoms with E-state index in [0.717, 1.165) is 35.0 Å². The number of rotatable bonds is 4. The Labute approximate surface area is 122 Å². The molecule has 2 heterocycles. The molecule has 1 saturated heterocycles. The van der Waals surface area contributed by atoms with Gasteiger partial charge in [-0.3, -0.25) is 4.79 Å². The lowest BCUT2D eigenvalue weighted by Gasteiger charge is -2.20. The minimum atomic E-state index is 0.212. The SMILES string of the molecule is Cc1csc(CNc2ccccc2N2CCCC2=O)n1. The van der Waals surface area contributed by atoms with Gasteiger partial charge in [0, 0.05) is 24.0 Å². The molecule has 20 heavy (non-hydrogen) atoms. The third-order valence-electron chi connectivity index (χ3n) is 3.36. The maximum Gasteiger partial charge on any atom is 0.227 e. The molecule has 1 fully saturated rings. The van der Waals surface area contributed by atoms with Crippen molar-refractivity contribution < 1.29 is 4.79 Å². The van der Waals surface area contributed by atoms with Crippen molar-refractivity contribution in [1.29, 1.82) is 0 Å². The number of hydrogen-bond donors (Lipinski definition) is 1. The Hall–Kier alpha value is -1.88. The largest absolute Gasteiger partial charge is 0.377 e. The van der Waals surface area contributed by atoms with Crippen LogP contribution >= 0.6 is 11.3 Å². The van der Waals surface area contributed by atoms with E-state index < -0.39 is 0 Å². The predicted octanol–water partition coefficient (Wildman–Crippen LogP) is 3.19. The molecule has 5 heteroatoms. The van der Waals surface area contributed by atoms with Gasteiger partial charge in [0.05, 0.1) is 17.9 Å². The molecule has 1 aliphatic heterocycles. The van der Waals surface area contributed by atoms with Crippen molar-refractivity contribution in [2.75, 3.05) is 16.8 Å². The van der Waals surface area contributed by atoms with Gasteiger partial charge in [-0.05, 0) is 25.5 Å². The van der Waals surface area contributed by atoms with Crippen LogP contribution in [0.5, 0.6) is 0 Å². The van der Waals surface area contributed by atoms with Crippen molar-refractivity contribution in [2.45, 2.75) is 26.3 Å². The molecule has 3 rings (SSSR count). The van der Waals surface area contributed by atoms with Gasteiger partial charge in [-0.1, -0.05) is 12.1 Å². The van der Waals surface area contributed by atoms with Crippen LogP contribution in [-0.2, 0) is 11.3 Å². The van der Waals surface area contributed by atoms with Crippen LogP contribution in [-0.4, -0.2) is 17.4 Å². The van der Waals surface area contributed by atoms with E-state index in [1.165, 1.54) is 0 Å². The van der Waals surface area contributed by atoms with Crippen LogP contribution in [0.2, 0.25) is 0 Å². The Morgan fingerprint density at radius 2 is 2.25 bits per heavy atom. The van der Waals surface area contributed by atoms with E-state index in [0.29, 0.717) is 13.0 Å². The van der Waals surface area contributed by atoms with Crippen molar-refractivity contribution >= 4 is 28.6 Å². The molecule has 1 aromatic carbocycles. The monoisotopic (exact) mass is 287 g/mol. The lowest BCUT2D eigenvalue weighted by atomic mass is 10.2. The molecule has 0 spiro atoms. The molecule has 4 nitrogen and oxygen atoms in total. The fourth-order valence-corrected chi connectivity index (χ4v) is 3.13.